The minimum Gasteiger partial charge on any atom is -0.359 e. The monoisotopic (exact) mass is 545 g/mol. The van der Waals surface area contributed by atoms with Crippen molar-refractivity contribution in [3.05, 3.63) is 53.2 Å². The van der Waals surface area contributed by atoms with Gasteiger partial charge in [0.2, 0.25) is 5.91 Å². The summed E-state index contributed by atoms with van der Waals surface area (Å²) in [6, 6.07) is 7.90. The molecule has 0 bridgehead atoms. The van der Waals surface area contributed by atoms with Gasteiger partial charge >= 0.3 is 0 Å². The van der Waals surface area contributed by atoms with Gasteiger partial charge in [-0.15, -0.1) is 24.0 Å². The predicted octanol–water partition coefficient (Wildman–Crippen LogP) is 3.75. The molecule has 2 rings (SSSR count). The average molecular weight is 545 g/mol. The molecule has 1 heterocycles. The highest BCUT2D eigenvalue weighted by molar-refractivity contribution is 14.0. The quantitative estimate of drug-likeness (QED) is 0.173. The molecule has 7 nitrogen and oxygen atoms in total. The summed E-state index contributed by atoms with van der Waals surface area (Å²) in [5.41, 5.74) is 1.75. The van der Waals surface area contributed by atoms with Gasteiger partial charge in [0.1, 0.15) is 12.4 Å². The van der Waals surface area contributed by atoms with Crippen LogP contribution in [-0.4, -0.2) is 36.7 Å². The Bertz CT molecular complexity index is 806. The average Bonchev–Trinajstić information content (AvgIpc) is 3.20. The van der Waals surface area contributed by atoms with Gasteiger partial charge in [-0.2, -0.15) is 0 Å². The number of nitrogens with zero attached hydrogens (tertiary/aromatic N) is 2. The molecule has 0 atom stereocenters. The van der Waals surface area contributed by atoms with Gasteiger partial charge in [-0.1, -0.05) is 31.1 Å². The van der Waals surface area contributed by atoms with Gasteiger partial charge in [0.05, 0.1) is 12.1 Å². The zero-order valence-electron chi connectivity index (χ0n) is 18.4. The molecule has 0 fully saturated rings. The molecule has 0 radical (unpaired) electrons. The molecular weight excluding hydrogens is 512 g/mol. The molecule has 1 amide bonds. The molecule has 0 saturated carbocycles. The van der Waals surface area contributed by atoms with Crippen molar-refractivity contribution in [2.24, 2.45) is 4.99 Å². The van der Waals surface area contributed by atoms with Crippen LogP contribution in [-0.2, 0) is 17.8 Å². The Morgan fingerprint density at radius 3 is 2.42 bits per heavy atom. The second-order valence-electron chi connectivity index (χ2n) is 7.01. The van der Waals surface area contributed by atoms with Crippen molar-refractivity contribution < 1.29 is 13.7 Å². The number of aromatic nitrogens is 1. The second kappa shape index (κ2) is 14.8. The van der Waals surface area contributed by atoms with Crippen LogP contribution in [0, 0.1) is 5.82 Å². The number of rotatable bonds is 11. The lowest BCUT2D eigenvalue weighted by Crippen LogP contribution is -2.41. The summed E-state index contributed by atoms with van der Waals surface area (Å²) in [7, 11) is 0. The van der Waals surface area contributed by atoms with Crippen molar-refractivity contribution in [2.45, 2.75) is 52.5 Å². The molecule has 3 N–H and O–H groups in total. The highest BCUT2D eigenvalue weighted by atomic mass is 127. The van der Waals surface area contributed by atoms with Gasteiger partial charge < -0.3 is 20.5 Å². The van der Waals surface area contributed by atoms with Crippen molar-refractivity contribution in [3.63, 3.8) is 0 Å². The third kappa shape index (κ3) is 9.67. The number of aliphatic imine (C=N–C) groups is 1. The molecule has 0 spiro atoms. The maximum Gasteiger partial charge on any atom is 0.224 e. The largest absolute Gasteiger partial charge is 0.359 e. The molecule has 31 heavy (non-hydrogen) atoms. The zero-order chi connectivity index (χ0) is 21.8. The van der Waals surface area contributed by atoms with Crippen LogP contribution in [0.1, 0.15) is 56.5 Å². The van der Waals surface area contributed by atoms with E-state index in [1.165, 1.54) is 12.1 Å². The van der Waals surface area contributed by atoms with E-state index in [0.717, 1.165) is 36.4 Å². The van der Waals surface area contributed by atoms with E-state index in [0.29, 0.717) is 31.5 Å². The summed E-state index contributed by atoms with van der Waals surface area (Å²) in [6.07, 6.45) is 2.28. The van der Waals surface area contributed by atoms with Crippen LogP contribution in [0.15, 0.2) is 39.8 Å². The second-order valence-corrected chi connectivity index (χ2v) is 7.01. The Morgan fingerprint density at radius 1 is 1.10 bits per heavy atom. The SMILES string of the molecule is CCNC(=NCc1cc(C(CC)CC)no1)NCCNC(=O)Cc1ccc(F)cc1.I. The van der Waals surface area contributed by atoms with Gasteiger partial charge in [0, 0.05) is 31.6 Å². The summed E-state index contributed by atoms with van der Waals surface area (Å²) in [5.74, 6) is 1.36. The number of guanidine groups is 1. The number of hydrogen-bond acceptors (Lipinski definition) is 4. The number of halogens is 2. The highest BCUT2D eigenvalue weighted by Gasteiger charge is 2.12. The van der Waals surface area contributed by atoms with Crippen molar-refractivity contribution in [1.82, 2.24) is 21.1 Å². The molecule has 172 valence electrons. The van der Waals surface area contributed by atoms with Crippen LogP contribution >= 0.6 is 24.0 Å². The van der Waals surface area contributed by atoms with Crippen molar-refractivity contribution in [2.75, 3.05) is 19.6 Å². The summed E-state index contributed by atoms with van der Waals surface area (Å²) in [6.45, 7) is 8.36. The predicted molar refractivity (Wildman–Crippen MR) is 131 cm³/mol. The van der Waals surface area contributed by atoms with Crippen molar-refractivity contribution in [3.8, 4) is 0 Å². The molecule has 1 aromatic heterocycles. The van der Waals surface area contributed by atoms with E-state index >= 15 is 0 Å². The van der Waals surface area contributed by atoms with Gasteiger partial charge in [-0.3, -0.25) is 4.79 Å². The Labute approximate surface area is 200 Å². The standard InChI is InChI=1S/C22H32FN5O2.HI/c1-4-17(5-2)20-14-19(30-28-20)15-27-22(24-6-3)26-12-11-25-21(29)13-16-7-9-18(23)10-8-16;/h7-10,14,17H,4-6,11-13,15H2,1-3H3,(H,25,29)(H2,24,26,27);1H. The molecule has 0 aliphatic rings. The molecule has 0 unspecified atom stereocenters. The van der Waals surface area contributed by atoms with Crippen LogP contribution in [0.3, 0.4) is 0 Å². The summed E-state index contributed by atoms with van der Waals surface area (Å²) in [5, 5.41) is 13.4. The fourth-order valence-corrected chi connectivity index (χ4v) is 3.03. The van der Waals surface area contributed by atoms with Crippen molar-refractivity contribution in [1.29, 1.82) is 0 Å². The lowest BCUT2D eigenvalue weighted by Gasteiger charge is -2.11. The number of amides is 1. The third-order valence-electron chi connectivity index (χ3n) is 4.74. The van der Waals surface area contributed by atoms with E-state index in [1.807, 2.05) is 13.0 Å². The Kier molecular flexibility index (Phi) is 12.8. The first-order chi connectivity index (χ1) is 14.5. The minimum atomic E-state index is -0.310. The smallest absolute Gasteiger partial charge is 0.224 e. The summed E-state index contributed by atoms with van der Waals surface area (Å²) >= 11 is 0. The number of benzene rings is 1. The highest BCUT2D eigenvalue weighted by Crippen LogP contribution is 2.22. The maximum atomic E-state index is 12.9. The molecule has 0 aliphatic heterocycles. The Morgan fingerprint density at radius 2 is 1.77 bits per heavy atom. The van der Waals surface area contributed by atoms with Gasteiger partial charge in [-0.25, -0.2) is 9.38 Å². The van der Waals surface area contributed by atoms with Crippen LogP contribution in [0.5, 0.6) is 0 Å². The molecule has 1 aromatic carbocycles. The lowest BCUT2D eigenvalue weighted by atomic mass is 9.99. The van der Waals surface area contributed by atoms with E-state index in [-0.39, 0.29) is 42.1 Å². The molecule has 2 aromatic rings. The molecular formula is C22H33FIN5O2. The fourth-order valence-electron chi connectivity index (χ4n) is 3.03. The van der Waals surface area contributed by atoms with E-state index in [2.05, 4.69) is 39.9 Å². The first kappa shape index (κ1) is 26.9. The Hall–Kier alpha value is -2.17. The summed E-state index contributed by atoms with van der Waals surface area (Å²) in [4.78, 5) is 16.5. The third-order valence-corrected chi connectivity index (χ3v) is 4.74. The van der Waals surface area contributed by atoms with Crippen LogP contribution < -0.4 is 16.0 Å². The first-order valence-corrected chi connectivity index (χ1v) is 10.5. The van der Waals surface area contributed by atoms with E-state index in [9.17, 15) is 9.18 Å². The normalized spacial score (nSPS) is 11.2. The maximum absolute atomic E-state index is 12.9. The van der Waals surface area contributed by atoms with E-state index in [4.69, 9.17) is 4.52 Å². The van der Waals surface area contributed by atoms with Gasteiger partial charge in [0.25, 0.3) is 0 Å². The van der Waals surface area contributed by atoms with Crippen molar-refractivity contribution >= 4 is 35.8 Å². The number of hydrogen-bond donors (Lipinski definition) is 3. The lowest BCUT2D eigenvalue weighted by molar-refractivity contribution is -0.120. The van der Waals surface area contributed by atoms with Crippen LogP contribution in [0.25, 0.3) is 0 Å². The van der Waals surface area contributed by atoms with E-state index in [1.54, 1.807) is 12.1 Å². The topological polar surface area (TPSA) is 91.6 Å². The summed E-state index contributed by atoms with van der Waals surface area (Å²) < 4.78 is 18.3. The zero-order valence-corrected chi connectivity index (χ0v) is 20.7. The molecule has 0 aliphatic carbocycles. The van der Waals surface area contributed by atoms with Gasteiger partial charge in [0.15, 0.2) is 11.7 Å². The molecule has 9 heteroatoms. The fraction of sp³-hybridized carbons (Fsp3) is 0.500. The van der Waals surface area contributed by atoms with E-state index < -0.39 is 0 Å². The number of nitrogens with one attached hydrogen (secondary N) is 3. The first-order valence-electron chi connectivity index (χ1n) is 10.5. The van der Waals surface area contributed by atoms with Gasteiger partial charge in [-0.05, 0) is 37.5 Å². The van der Waals surface area contributed by atoms with Crippen LogP contribution in [0.2, 0.25) is 0 Å². The molecule has 0 saturated heterocycles. The minimum absolute atomic E-state index is 0. The van der Waals surface area contributed by atoms with Crippen LogP contribution in [0.4, 0.5) is 4.39 Å². The Balaban J connectivity index is 0.00000480. The number of carbonyl (C=O) groups excluding carboxylic acids is 1. The number of carbonyl (C=O) groups is 1.